The maximum absolute atomic E-state index is 11.4. The summed E-state index contributed by atoms with van der Waals surface area (Å²) < 4.78 is 0. The van der Waals surface area contributed by atoms with Gasteiger partial charge in [0.15, 0.2) is 5.78 Å². The van der Waals surface area contributed by atoms with Crippen molar-refractivity contribution < 1.29 is 4.79 Å². The molecule has 0 amide bonds. The van der Waals surface area contributed by atoms with Crippen LogP contribution in [0.15, 0.2) is 11.6 Å². The van der Waals surface area contributed by atoms with E-state index in [9.17, 15) is 4.79 Å². The zero-order valence-electron chi connectivity index (χ0n) is 8.81. The van der Waals surface area contributed by atoms with Crippen LogP contribution >= 0.6 is 0 Å². The summed E-state index contributed by atoms with van der Waals surface area (Å²) in [4.78, 5) is 11.4. The van der Waals surface area contributed by atoms with Crippen LogP contribution in [0, 0.1) is 10.8 Å². The first-order valence-corrected chi connectivity index (χ1v) is 5.20. The molecule has 0 aliphatic heterocycles. The van der Waals surface area contributed by atoms with Gasteiger partial charge in [0.1, 0.15) is 0 Å². The smallest absolute Gasteiger partial charge is 0.156 e. The Hall–Kier alpha value is -0.590. The second-order valence-electron chi connectivity index (χ2n) is 5.50. The molecule has 2 rings (SSSR count). The molecule has 0 aromatic carbocycles. The third-order valence-corrected chi connectivity index (χ3v) is 3.78. The zero-order valence-corrected chi connectivity index (χ0v) is 8.81. The van der Waals surface area contributed by atoms with Gasteiger partial charge in [0.05, 0.1) is 0 Å². The van der Waals surface area contributed by atoms with Gasteiger partial charge in [-0.1, -0.05) is 32.8 Å². The van der Waals surface area contributed by atoms with E-state index in [4.69, 9.17) is 0 Å². The Morgan fingerprint density at radius 3 is 2.54 bits per heavy atom. The Morgan fingerprint density at radius 1 is 1.23 bits per heavy atom. The molecule has 1 saturated carbocycles. The summed E-state index contributed by atoms with van der Waals surface area (Å²) >= 11 is 0. The molecular formula is C12H18O. The van der Waals surface area contributed by atoms with Crippen molar-refractivity contribution in [3.63, 3.8) is 0 Å². The average Bonchev–Trinajstić information content (AvgIpc) is 2.25. The zero-order chi connectivity index (χ0) is 9.69. The van der Waals surface area contributed by atoms with E-state index in [0.717, 1.165) is 6.42 Å². The quantitative estimate of drug-likeness (QED) is 0.557. The van der Waals surface area contributed by atoms with Crippen molar-refractivity contribution in [2.45, 2.75) is 46.5 Å². The van der Waals surface area contributed by atoms with E-state index in [1.807, 2.05) is 6.08 Å². The lowest BCUT2D eigenvalue weighted by atomic mass is 9.62. The summed E-state index contributed by atoms with van der Waals surface area (Å²) in [5.41, 5.74) is 1.88. The molecule has 1 atom stereocenters. The Labute approximate surface area is 80.2 Å². The third kappa shape index (κ3) is 1.25. The Bertz CT molecular complexity index is 285. The Morgan fingerprint density at radius 2 is 1.92 bits per heavy atom. The average molecular weight is 178 g/mol. The molecule has 2 aliphatic carbocycles. The topological polar surface area (TPSA) is 17.1 Å². The van der Waals surface area contributed by atoms with Crippen LogP contribution in [0.2, 0.25) is 0 Å². The minimum Gasteiger partial charge on any atom is -0.295 e. The summed E-state index contributed by atoms with van der Waals surface area (Å²) in [7, 11) is 0. The predicted molar refractivity (Wildman–Crippen MR) is 53.4 cm³/mol. The molecule has 0 aromatic rings. The lowest BCUT2D eigenvalue weighted by Gasteiger charge is -2.42. The van der Waals surface area contributed by atoms with Crippen molar-refractivity contribution in [2.24, 2.45) is 10.8 Å². The van der Waals surface area contributed by atoms with E-state index >= 15 is 0 Å². The monoisotopic (exact) mass is 178 g/mol. The first kappa shape index (κ1) is 8.98. The van der Waals surface area contributed by atoms with Crippen LogP contribution in [-0.4, -0.2) is 5.78 Å². The van der Waals surface area contributed by atoms with Crippen LogP contribution in [0.3, 0.4) is 0 Å². The molecule has 2 aliphatic rings. The summed E-state index contributed by atoms with van der Waals surface area (Å²) in [6.45, 7) is 6.80. The van der Waals surface area contributed by atoms with Gasteiger partial charge in [-0.2, -0.15) is 0 Å². The number of carbonyl (C=O) groups is 1. The van der Waals surface area contributed by atoms with Crippen LogP contribution in [0.25, 0.3) is 0 Å². The van der Waals surface area contributed by atoms with Crippen molar-refractivity contribution in [3.05, 3.63) is 11.6 Å². The van der Waals surface area contributed by atoms with Gasteiger partial charge in [0.2, 0.25) is 0 Å². The number of allylic oxidation sites excluding steroid dienone is 2. The fraction of sp³-hybridized carbons (Fsp3) is 0.750. The molecule has 1 fully saturated rings. The van der Waals surface area contributed by atoms with Crippen molar-refractivity contribution >= 4 is 5.78 Å². The molecule has 13 heavy (non-hydrogen) atoms. The molecule has 72 valence electrons. The normalized spacial score (nSPS) is 37.2. The highest BCUT2D eigenvalue weighted by molar-refractivity contribution is 5.94. The SMILES string of the molecule is CC1(C)CCCC2(C)CC(=O)C=C12. The molecule has 0 aromatic heterocycles. The van der Waals surface area contributed by atoms with Gasteiger partial charge in [0, 0.05) is 6.42 Å². The number of hydrogen-bond donors (Lipinski definition) is 0. The predicted octanol–water partition coefficient (Wildman–Crippen LogP) is 3.10. The van der Waals surface area contributed by atoms with E-state index in [2.05, 4.69) is 20.8 Å². The van der Waals surface area contributed by atoms with Crippen molar-refractivity contribution in [3.8, 4) is 0 Å². The highest BCUT2D eigenvalue weighted by Crippen LogP contribution is 2.55. The molecule has 0 saturated heterocycles. The first-order valence-electron chi connectivity index (χ1n) is 5.20. The van der Waals surface area contributed by atoms with Crippen LogP contribution in [0.4, 0.5) is 0 Å². The van der Waals surface area contributed by atoms with Gasteiger partial charge in [-0.3, -0.25) is 4.79 Å². The van der Waals surface area contributed by atoms with E-state index in [-0.39, 0.29) is 10.8 Å². The summed E-state index contributed by atoms with van der Waals surface area (Å²) in [5.74, 6) is 0.340. The molecule has 0 bridgehead atoms. The number of ketones is 1. The minimum absolute atomic E-state index is 0.207. The van der Waals surface area contributed by atoms with Gasteiger partial charge < -0.3 is 0 Å². The third-order valence-electron chi connectivity index (χ3n) is 3.78. The van der Waals surface area contributed by atoms with Gasteiger partial charge >= 0.3 is 0 Å². The van der Waals surface area contributed by atoms with Crippen molar-refractivity contribution in [2.75, 3.05) is 0 Å². The Kier molecular flexibility index (Phi) is 1.70. The lowest BCUT2D eigenvalue weighted by molar-refractivity contribution is -0.115. The highest BCUT2D eigenvalue weighted by atomic mass is 16.1. The number of hydrogen-bond acceptors (Lipinski definition) is 1. The highest BCUT2D eigenvalue weighted by Gasteiger charge is 2.45. The maximum atomic E-state index is 11.4. The van der Waals surface area contributed by atoms with Gasteiger partial charge in [-0.15, -0.1) is 0 Å². The van der Waals surface area contributed by atoms with Crippen LogP contribution in [0.1, 0.15) is 46.5 Å². The number of fused-ring (bicyclic) bond motifs is 1. The molecule has 1 unspecified atom stereocenters. The van der Waals surface area contributed by atoms with Gasteiger partial charge in [0.25, 0.3) is 0 Å². The second kappa shape index (κ2) is 2.46. The lowest BCUT2D eigenvalue weighted by Crippen LogP contribution is -2.31. The first-order chi connectivity index (χ1) is 5.94. The van der Waals surface area contributed by atoms with Gasteiger partial charge in [-0.25, -0.2) is 0 Å². The summed E-state index contributed by atoms with van der Waals surface area (Å²) in [6.07, 6.45) is 6.38. The van der Waals surface area contributed by atoms with E-state index in [0.29, 0.717) is 5.78 Å². The Balaban J connectivity index is 2.42. The molecule has 0 N–H and O–H groups in total. The molecule has 0 heterocycles. The van der Waals surface area contributed by atoms with E-state index in [1.54, 1.807) is 0 Å². The molecule has 0 radical (unpaired) electrons. The fourth-order valence-corrected chi connectivity index (χ4v) is 3.16. The summed E-state index contributed by atoms with van der Waals surface area (Å²) in [6, 6.07) is 0. The van der Waals surface area contributed by atoms with Crippen molar-refractivity contribution in [1.82, 2.24) is 0 Å². The van der Waals surface area contributed by atoms with Crippen molar-refractivity contribution in [1.29, 1.82) is 0 Å². The standard InChI is InChI=1S/C12H18O/c1-11(2)5-4-6-12(3)8-9(13)7-10(11)12/h7H,4-6,8H2,1-3H3. The maximum Gasteiger partial charge on any atom is 0.156 e. The molecule has 1 nitrogen and oxygen atoms in total. The molecule has 0 spiro atoms. The fourth-order valence-electron chi connectivity index (χ4n) is 3.16. The van der Waals surface area contributed by atoms with Crippen LogP contribution in [-0.2, 0) is 4.79 Å². The minimum atomic E-state index is 0.207. The molecular weight excluding hydrogens is 160 g/mol. The number of rotatable bonds is 0. The second-order valence-corrected chi connectivity index (χ2v) is 5.50. The van der Waals surface area contributed by atoms with Crippen LogP contribution < -0.4 is 0 Å². The molecule has 1 heteroatoms. The van der Waals surface area contributed by atoms with Crippen LogP contribution in [0.5, 0.6) is 0 Å². The van der Waals surface area contributed by atoms with Gasteiger partial charge in [-0.05, 0) is 29.7 Å². The van der Waals surface area contributed by atoms with E-state index < -0.39 is 0 Å². The van der Waals surface area contributed by atoms with E-state index in [1.165, 1.54) is 24.8 Å². The number of carbonyl (C=O) groups excluding carboxylic acids is 1. The summed E-state index contributed by atoms with van der Waals surface area (Å²) in [5, 5.41) is 0. The largest absolute Gasteiger partial charge is 0.295 e.